The third kappa shape index (κ3) is 3.10. The van der Waals surface area contributed by atoms with Gasteiger partial charge in [-0.25, -0.2) is 9.97 Å². The van der Waals surface area contributed by atoms with Crippen LogP contribution in [0.1, 0.15) is 0 Å². The van der Waals surface area contributed by atoms with Crippen molar-refractivity contribution < 1.29 is 4.74 Å². The van der Waals surface area contributed by atoms with Crippen LogP contribution in [0.4, 0.5) is 17.3 Å². The number of nitrogen functional groups attached to an aromatic ring is 1. The monoisotopic (exact) mass is 406 g/mol. The largest absolute Gasteiger partial charge is 0.495 e. The molecule has 0 saturated carbocycles. The van der Waals surface area contributed by atoms with Crippen molar-refractivity contribution >= 4 is 60.8 Å². The van der Waals surface area contributed by atoms with Crippen LogP contribution < -0.4 is 15.8 Å². The Morgan fingerprint density at radius 1 is 1.26 bits per heavy atom. The molecule has 1 heterocycles. The van der Waals surface area contributed by atoms with E-state index in [1.54, 1.807) is 7.11 Å². The van der Waals surface area contributed by atoms with Crippen molar-refractivity contribution in [2.75, 3.05) is 18.2 Å². The molecule has 100 valence electrons. The van der Waals surface area contributed by atoms with Crippen molar-refractivity contribution in [1.29, 1.82) is 0 Å². The van der Waals surface area contributed by atoms with Crippen LogP contribution in [0.2, 0.25) is 5.02 Å². The summed E-state index contributed by atoms with van der Waals surface area (Å²) < 4.78 is 6.90. The SMILES string of the molecule is COc1cc(Nc2ncnc(N)c2Cl)c(Br)cc1Br. The van der Waals surface area contributed by atoms with E-state index in [4.69, 9.17) is 22.1 Å². The highest BCUT2D eigenvalue weighted by molar-refractivity contribution is 9.11. The first-order valence-corrected chi connectivity index (χ1v) is 7.05. The maximum absolute atomic E-state index is 6.03. The Morgan fingerprint density at radius 3 is 2.68 bits per heavy atom. The highest BCUT2D eigenvalue weighted by Gasteiger charge is 2.11. The Hall–Kier alpha value is -1.05. The molecule has 0 saturated heterocycles. The Kier molecular flexibility index (Phi) is 4.49. The third-order valence-electron chi connectivity index (χ3n) is 2.31. The summed E-state index contributed by atoms with van der Waals surface area (Å²) in [6.07, 6.45) is 1.34. The van der Waals surface area contributed by atoms with Gasteiger partial charge in [0.15, 0.2) is 5.82 Å². The summed E-state index contributed by atoms with van der Waals surface area (Å²) in [4.78, 5) is 7.85. The van der Waals surface area contributed by atoms with Gasteiger partial charge in [-0.15, -0.1) is 0 Å². The molecule has 19 heavy (non-hydrogen) atoms. The number of nitrogens with two attached hydrogens (primary N) is 1. The van der Waals surface area contributed by atoms with Gasteiger partial charge >= 0.3 is 0 Å². The molecule has 0 atom stereocenters. The maximum atomic E-state index is 6.03. The molecule has 0 aliphatic rings. The minimum Gasteiger partial charge on any atom is -0.495 e. The molecule has 3 N–H and O–H groups in total. The van der Waals surface area contributed by atoms with Crippen LogP contribution in [0.15, 0.2) is 27.4 Å². The van der Waals surface area contributed by atoms with Crippen molar-refractivity contribution in [3.8, 4) is 5.75 Å². The summed E-state index contributed by atoms with van der Waals surface area (Å²) in [6, 6.07) is 3.67. The molecule has 0 aliphatic carbocycles. The van der Waals surface area contributed by atoms with Crippen molar-refractivity contribution in [2.24, 2.45) is 0 Å². The summed E-state index contributed by atoms with van der Waals surface area (Å²) in [6.45, 7) is 0. The minimum atomic E-state index is 0.222. The van der Waals surface area contributed by atoms with Crippen LogP contribution >= 0.6 is 43.5 Å². The first kappa shape index (κ1) is 14.4. The second-order valence-electron chi connectivity index (χ2n) is 3.51. The first-order valence-electron chi connectivity index (χ1n) is 5.09. The number of anilines is 3. The van der Waals surface area contributed by atoms with E-state index in [0.29, 0.717) is 11.6 Å². The normalized spacial score (nSPS) is 10.3. The molecule has 0 amide bonds. The lowest BCUT2D eigenvalue weighted by Crippen LogP contribution is -2.00. The molecule has 0 bridgehead atoms. The predicted molar refractivity (Wildman–Crippen MR) is 83.1 cm³/mol. The van der Waals surface area contributed by atoms with E-state index in [2.05, 4.69) is 47.1 Å². The van der Waals surface area contributed by atoms with E-state index in [9.17, 15) is 0 Å². The van der Waals surface area contributed by atoms with Gasteiger partial charge in [-0.05, 0) is 37.9 Å². The van der Waals surface area contributed by atoms with Crippen molar-refractivity contribution in [2.45, 2.75) is 0 Å². The molecule has 1 aromatic heterocycles. The molecule has 8 heteroatoms. The molecular weight excluding hydrogens is 399 g/mol. The zero-order chi connectivity index (χ0) is 14.0. The Morgan fingerprint density at radius 2 is 2.00 bits per heavy atom. The highest BCUT2D eigenvalue weighted by atomic mass is 79.9. The molecule has 0 spiro atoms. The fraction of sp³-hybridized carbons (Fsp3) is 0.0909. The fourth-order valence-corrected chi connectivity index (χ4v) is 2.78. The fourth-order valence-electron chi connectivity index (χ4n) is 1.38. The quantitative estimate of drug-likeness (QED) is 0.804. The van der Waals surface area contributed by atoms with Gasteiger partial charge in [-0.3, -0.25) is 0 Å². The number of rotatable bonds is 3. The number of nitrogens with one attached hydrogen (secondary N) is 1. The molecule has 0 aliphatic heterocycles. The number of methoxy groups -OCH3 is 1. The standard InChI is InChI=1S/C11H9Br2ClN4O/c1-19-8-3-7(5(12)2-6(8)13)18-11-9(14)10(15)16-4-17-11/h2-4H,1H3,(H3,15,16,17,18). The van der Waals surface area contributed by atoms with Gasteiger partial charge in [0.05, 0.1) is 17.3 Å². The van der Waals surface area contributed by atoms with Gasteiger partial charge in [-0.1, -0.05) is 11.6 Å². The Bertz CT molecular complexity index is 624. The zero-order valence-corrected chi connectivity index (χ0v) is 13.7. The number of ether oxygens (including phenoxy) is 1. The van der Waals surface area contributed by atoms with Crippen molar-refractivity contribution in [1.82, 2.24) is 9.97 Å². The van der Waals surface area contributed by atoms with Gasteiger partial charge in [0.25, 0.3) is 0 Å². The van der Waals surface area contributed by atoms with Crippen LogP contribution in [0.25, 0.3) is 0 Å². The first-order chi connectivity index (χ1) is 9.02. The summed E-state index contributed by atoms with van der Waals surface area (Å²) in [5.74, 6) is 1.34. The molecule has 2 aromatic rings. The molecule has 5 nitrogen and oxygen atoms in total. The lowest BCUT2D eigenvalue weighted by Gasteiger charge is -2.12. The molecule has 0 radical (unpaired) electrons. The smallest absolute Gasteiger partial charge is 0.154 e. The average Bonchev–Trinajstić information content (AvgIpc) is 2.38. The number of hydrogen-bond donors (Lipinski definition) is 2. The topological polar surface area (TPSA) is 73.1 Å². The highest BCUT2D eigenvalue weighted by Crippen LogP contribution is 2.37. The van der Waals surface area contributed by atoms with Crippen molar-refractivity contribution in [3.63, 3.8) is 0 Å². The molecular formula is C11H9Br2ClN4O. The van der Waals surface area contributed by atoms with Crippen molar-refractivity contribution in [3.05, 3.63) is 32.4 Å². The number of halogens is 3. The Labute approximate surface area is 131 Å². The van der Waals surface area contributed by atoms with E-state index >= 15 is 0 Å². The number of hydrogen-bond acceptors (Lipinski definition) is 5. The molecule has 1 aromatic carbocycles. The van der Waals surface area contributed by atoms with Crippen LogP contribution in [-0.4, -0.2) is 17.1 Å². The summed E-state index contributed by atoms with van der Waals surface area (Å²) in [7, 11) is 1.59. The van der Waals surface area contributed by atoms with E-state index < -0.39 is 0 Å². The molecule has 0 unspecified atom stereocenters. The number of aromatic nitrogens is 2. The lowest BCUT2D eigenvalue weighted by atomic mass is 10.3. The second-order valence-corrected chi connectivity index (χ2v) is 5.60. The van der Waals surface area contributed by atoms with Gasteiger partial charge < -0.3 is 15.8 Å². The molecule has 0 fully saturated rings. The lowest BCUT2D eigenvalue weighted by molar-refractivity contribution is 0.412. The Balaban J connectivity index is 2.41. The zero-order valence-electron chi connectivity index (χ0n) is 9.75. The van der Waals surface area contributed by atoms with Crippen LogP contribution in [0, 0.1) is 0 Å². The second kappa shape index (κ2) is 5.94. The van der Waals surface area contributed by atoms with Gasteiger partial charge in [0.1, 0.15) is 22.9 Å². The minimum absolute atomic E-state index is 0.222. The summed E-state index contributed by atoms with van der Waals surface area (Å²) in [5, 5.41) is 3.35. The average molecular weight is 408 g/mol. The van der Waals surface area contributed by atoms with E-state index in [-0.39, 0.29) is 10.8 Å². The van der Waals surface area contributed by atoms with E-state index in [1.165, 1.54) is 6.33 Å². The molecule has 2 rings (SSSR count). The van der Waals surface area contributed by atoms with Crippen LogP contribution in [0.5, 0.6) is 5.75 Å². The van der Waals surface area contributed by atoms with E-state index in [0.717, 1.165) is 14.6 Å². The van der Waals surface area contributed by atoms with Crippen LogP contribution in [-0.2, 0) is 0 Å². The van der Waals surface area contributed by atoms with Gasteiger partial charge in [-0.2, -0.15) is 0 Å². The van der Waals surface area contributed by atoms with Gasteiger partial charge in [0.2, 0.25) is 0 Å². The maximum Gasteiger partial charge on any atom is 0.154 e. The van der Waals surface area contributed by atoms with Gasteiger partial charge in [0, 0.05) is 10.5 Å². The number of benzene rings is 1. The summed E-state index contributed by atoms with van der Waals surface area (Å²) in [5.41, 5.74) is 6.38. The van der Waals surface area contributed by atoms with E-state index in [1.807, 2.05) is 12.1 Å². The van der Waals surface area contributed by atoms with Crippen LogP contribution in [0.3, 0.4) is 0 Å². The summed E-state index contributed by atoms with van der Waals surface area (Å²) >= 11 is 12.9. The number of nitrogens with zero attached hydrogens (tertiary/aromatic N) is 2. The predicted octanol–water partition coefficient (Wildman–Crippen LogP) is 3.99. The third-order valence-corrected chi connectivity index (χ3v) is 3.96.